The molecule has 3 N–H and O–H groups in total. The third-order valence-electron chi connectivity index (χ3n) is 1.53. The Bertz CT molecular complexity index is 310. The molecule has 4 nitrogen and oxygen atoms in total. The second-order valence-corrected chi connectivity index (χ2v) is 2.50. The largest absolute Gasteiger partial charge is 0.508 e. The number of aromatic hydroxyl groups is 1. The number of nitrogens with one attached hydrogen (secondary N) is 2. The molecule has 0 amide bonds. The van der Waals surface area contributed by atoms with Gasteiger partial charge in [0, 0.05) is 12.3 Å². The number of rotatable bonds is 2. The summed E-state index contributed by atoms with van der Waals surface area (Å²) in [5.74, 6) is 0.284. The van der Waals surface area contributed by atoms with E-state index in [-0.39, 0.29) is 5.75 Å². The predicted octanol–water partition coefficient (Wildman–Crippen LogP) is 2.38. The molecule has 1 aromatic rings. The number of phenols is 1. The van der Waals surface area contributed by atoms with Gasteiger partial charge in [-0.1, -0.05) is 6.07 Å². The topological polar surface area (TPSA) is 68.5 Å². The highest BCUT2D eigenvalue weighted by Crippen LogP contribution is 2.20. The molecule has 14 heavy (non-hydrogen) atoms. The Kier molecular flexibility index (Phi) is 5.78. The maximum Gasteiger partial charge on any atom is 0.120 e. The van der Waals surface area contributed by atoms with E-state index in [1.54, 1.807) is 12.3 Å². The van der Waals surface area contributed by atoms with Crippen molar-refractivity contribution in [1.82, 2.24) is 0 Å². The molecule has 1 aromatic carbocycles. The Hall–Kier alpha value is -1.84. The summed E-state index contributed by atoms with van der Waals surface area (Å²) in [6, 6.07) is 5.34. The molecule has 0 fully saturated rings. The van der Waals surface area contributed by atoms with Gasteiger partial charge in [0.25, 0.3) is 0 Å². The first-order valence-corrected chi connectivity index (χ1v) is 4.12. The van der Waals surface area contributed by atoms with Crippen LogP contribution in [0.3, 0.4) is 0 Å². The Morgan fingerprint density at radius 1 is 1.50 bits per heavy atom. The first-order valence-electron chi connectivity index (χ1n) is 4.12. The third kappa shape index (κ3) is 3.71. The maximum atomic E-state index is 9.31. The second-order valence-electron chi connectivity index (χ2n) is 2.50. The zero-order valence-corrected chi connectivity index (χ0v) is 8.41. The Morgan fingerprint density at radius 3 is 2.64 bits per heavy atom. The van der Waals surface area contributed by atoms with Crippen LogP contribution in [0.5, 0.6) is 5.75 Å². The standard InChI is InChI=1S/C9H12N2O.CH3N/c1-3-10-11-8-5-4-7(2)9(12)6-8;1-2/h3-6,11-12H,1-2H3;2H,1H2/b10-3-;. The van der Waals surface area contributed by atoms with Crippen LogP contribution in [0.4, 0.5) is 5.69 Å². The molecule has 0 unspecified atom stereocenters. The highest BCUT2D eigenvalue weighted by molar-refractivity contribution is 5.57. The van der Waals surface area contributed by atoms with E-state index < -0.39 is 0 Å². The van der Waals surface area contributed by atoms with Crippen molar-refractivity contribution in [2.45, 2.75) is 13.8 Å². The van der Waals surface area contributed by atoms with Gasteiger partial charge in [0.2, 0.25) is 0 Å². The van der Waals surface area contributed by atoms with Gasteiger partial charge in [-0.25, -0.2) is 0 Å². The molecule has 0 atom stereocenters. The van der Waals surface area contributed by atoms with Crippen molar-refractivity contribution in [3.63, 3.8) is 0 Å². The Labute approximate surface area is 83.8 Å². The number of hydrogen-bond acceptors (Lipinski definition) is 4. The molecule has 0 radical (unpaired) electrons. The monoisotopic (exact) mass is 193 g/mol. The van der Waals surface area contributed by atoms with Gasteiger partial charge in [-0.15, -0.1) is 0 Å². The third-order valence-corrected chi connectivity index (χ3v) is 1.53. The fraction of sp³-hybridized carbons (Fsp3) is 0.200. The van der Waals surface area contributed by atoms with Crippen LogP contribution in [0.25, 0.3) is 0 Å². The van der Waals surface area contributed by atoms with Crippen LogP contribution in [0.2, 0.25) is 0 Å². The van der Waals surface area contributed by atoms with Gasteiger partial charge in [0.15, 0.2) is 0 Å². The number of phenolic OH excluding ortho intramolecular Hbond substituents is 1. The van der Waals surface area contributed by atoms with E-state index in [9.17, 15) is 5.11 Å². The first-order chi connectivity index (χ1) is 6.74. The van der Waals surface area contributed by atoms with E-state index in [0.717, 1.165) is 11.3 Å². The van der Waals surface area contributed by atoms with Crippen LogP contribution in [-0.4, -0.2) is 18.0 Å². The van der Waals surface area contributed by atoms with E-state index in [0.29, 0.717) is 0 Å². The molecule has 0 saturated heterocycles. The van der Waals surface area contributed by atoms with Crippen LogP contribution >= 0.6 is 0 Å². The molecule has 0 bridgehead atoms. The number of hydrazone groups is 1. The van der Waals surface area contributed by atoms with Crippen molar-refractivity contribution in [1.29, 1.82) is 5.41 Å². The van der Waals surface area contributed by atoms with E-state index >= 15 is 0 Å². The lowest BCUT2D eigenvalue weighted by Gasteiger charge is -2.02. The summed E-state index contributed by atoms with van der Waals surface area (Å²) in [5, 5.41) is 18.6. The molecule has 0 aliphatic carbocycles. The highest BCUT2D eigenvalue weighted by atomic mass is 16.3. The number of nitrogens with zero attached hydrogens (tertiary/aromatic N) is 1. The number of aryl methyl sites for hydroxylation is 1. The van der Waals surface area contributed by atoms with Crippen molar-refractivity contribution in [2.24, 2.45) is 5.10 Å². The van der Waals surface area contributed by atoms with E-state index in [1.165, 1.54) is 0 Å². The molecule has 4 heteroatoms. The summed E-state index contributed by atoms with van der Waals surface area (Å²) < 4.78 is 0. The predicted molar refractivity (Wildman–Crippen MR) is 60.5 cm³/mol. The van der Waals surface area contributed by atoms with Crippen LogP contribution in [0, 0.1) is 12.3 Å². The van der Waals surface area contributed by atoms with Gasteiger partial charge in [-0.3, -0.25) is 5.43 Å². The van der Waals surface area contributed by atoms with Crippen LogP contribution in [-0.2, 0) is 0 Å². The Balaban J connectivity index is 0.000000791. The minimum Gasteiger partial charge on any atom is -0.508 e. The lowest BCUT2D eigenvalue weighted by atomic mass is 10.2. The fourth-order valence-electron chi connectivity index (χ4n) is 0.818. The van der Waals surface area contributed by atoms with Crippen molar-refractivity contribution < 1.29 is 5.11 Å². The van der Waals surface area contributed by atoms with Crippen molar-refractivity contribution in [2.75, 3.05) is 5.43 Å². The highest BCUT2D eigenvalue weighted by Gasteiger charge is 1.95. The summed E-state index contributed by atoms with van der Waals surface area (Å²) >= 11 is 0. The molecular weight excluding hydrogens is 178 g/mol. The molecule has 0 saturated carbocycles. The number of anilines is 1. The van der Waals surface area contributed by atoms with Gasteiger partial charge >= 0.3 is 0 Å². The number of benzene rings is 1. The second kappa shape index (κ2) is 6.65. The van der Waals surface area contributed by atoms with E-state index in [1.807, 2.05) is 26.0 Å². The SMILES string of the molecule is C/C=N\Nc1ccc(C)c(O)c1.C=N. The lowest BCUT2D eigenvalue weighted by Crippen LogP contribution is -1.87. The summed E-state index contributed by atoms with van der Waals surface area (Å²) in [4.78, 5) is 0. The normalized spacial score (nSPS) is 9.29. The maximum absolute atomic E-state index is 9.31. The van der Waals surface area contributed by atoms with Crippen molar-refractivity contribution in [3.05, 3.63) is 23.8 Å². The molecule has 0 spiro atoms. The quantitative estimate of drug-likeness (QED) is 0.498. The summed E-state index contributed by atoms with van der Waals surface area (Å²) in [6.07, 6.45) is 1.65. The summed E-state index contributed by atoms with van der Waals surface area (Å²) in [6.45, 7) is 6.17. The average molecular weight is 193 g/mol. The zero-order chi connectivity index (χ0) is 11.0. The number of hydrogen-bond donors (Lipinski definition) is 3. The van der Waals surface area contributed by atoms with Crippen molar-refractivity contribution in [3.8, 4) is 5.75 Å². The van der Waals surface area contributed by atoms with Crippen LogP contribution in [0.15, 0.2) is 23.3 Å². The summed E-state index contributed by atoms with van der Waals surface area (Å²) in [7, 11) is 0. The smallest absolute Gasteiger partial charge is 0.120 e. The molecule has 76 valence electrons. The lowest BCUT2D eigenvalue weighted by molar-refractivity contribution is 0.471. The van der Waals surface area contributed by atoms with E-state index in [4.69, 9.17) is 5.41 Å². The minimum absolute atomic E-state index is 0.284. The van der Waals surface area contributed by atoms with Gasteiger partial charge in [-0.2, -0.15) is 5.10 Å². The average Bonchev–Trinajstić information content (AvgIpc) is 2.23. The molecule has 0 aromatic heterocycles. The first kappa shape index (κ1) is 12.2. The van der Waals surface area contributed by atoms with Gasteiger partial charge in [0.05, 0.1) is 5.69 Å². The molecule has 0 aliphatic rings. The van der Waals surface area contributed by atoms with Gasteiger partial charge in [0.1, 0.15) is 5.75 Å². The molecule has 0 heterocycles. The zero-order valence-electron chi connectivity index (χ0n) is 8.41. The Morgan fingerprint density at radius 2 is 2.14 bits per heavy atom. The van der Waals surface area contributed by atoms with Gasteiger partial charge < -0.3 is 10.5 Å². The molecule has 1 rings (SSSR count). The minimum atomic E-state index is 0.284. The summed E-state index contributed by atoms with van der Waals surface area (Å²) in [5.41, 5.74) is 4.42. The van der Waals surface area contributed by atoms with Gasteiger partial charge in [-0.05, 0) is 32.2 Å². The molecule has 0 aliphatic heterocycles. The van der Waals surface area contributed by atoms with E-state index in [2.05, 4.69) is 17.2 Å². The van der Waals surface area contributed by atoms with Crippen LogP contribution in [0.1, 0.15) is 12.5 Å². The fourth-order valence-corrected chi connectivity index (χ4v) is 0.818. The molecular formula is C10H15N3O. The van der Waals surface area contributed by atoms with Crippen molar-refractivity contribution >= 4 is 18.6 Å². The van der Waals surface area contributed by atoms with Crippen LogP contribution < -0.4 is 5.43 Å².